The standard InChI is InChI=1S/C20H21ClN4O3S/c1-24(11-14-10-15(21)6-9-17(14)28-3)18(26)12-25-19(22-23-20(25)29)13-4-7-16(27-2)8-5-13/h4-10H,11-12H2,1-3H3,(H,23,29). The van der Waals surface area contributed by atoms with Gasteiger partial charge in [-0.3, -0.25) is 14.5 Å². The number of ether oxygens (including phenoxy) is 2. The van der Waals surface area contributed by atoms with Crippen LogP contribution in [0, 0.1) is 4.77 Å². The fourth-order valence-electron chi connectivity index (χ4n) is 2.90. The number of nitrogens with zero attached hydrogens (tertiary/aromatic N) is 3. The Balaban J connectivity index is 1.79. The summed E-state index contributed by atoms with van der Waals surface area (Å²) in [7, 11) is 4.91. The highest BCUT2D eigenvalue weighted by molar-refractivity contribution is 7.71. The van der Waals surface area contributed by atoms with Gasteiger partial charge in [-0.25, -0.2) is 0 Å². The minimum absolute atomic E-state index is 0.0517. The Labute approximate surface area is 178 Å². The summed E-state index contributed by atoms with van der Waals surface area (Å²) in [6.07, 6.45) is 0. The number of H-pyrrole nitrogens is 1. The third-order valence-corrected chi connectivity index (χ3v) is 5.02. The molecule has 0 atom stereocenters. The average Bonchev–Trinajstić information content (AvgIpc) is 3.08. The lowest BCUT2D eigenvalue weighted by molar-refractivity contribution is -0.131. The second-order valence-electron chi connectivity index (χ2n) is 6.37. The van der Waals surface area contributed by atoms with Gasteiger partial charge in [0, 0.05) is 29.7 Å². The number of nitrogens with one attached hydrogen (secondary N) is 1. The van der Waals surface area contributed by atoms with Gasteiger partial charge < -0.3 is 14.4 Å². The summed E-state index contributed by atoms with van der Waals surface area (Å²) in [6, 6.07) is 12.7. The number of aromatic nitrogens is 3. The molecule has 152 valence electrons. The number of halogens is 1. The summed E-state index contributed by atoms with van der Waals surface area (Å²) in [5.41, 5.74) is 1.65. The van der Waals surface area contributed by atoms with E-state index in [9.17, 15) is 4.79 Å². The normalized spacial score (nSPS) is 10.6. The zero-order valence-electron chi connectivity index (χ0n) is 16.3. The van der Waals surface area contributed by atoms with Crippen LogP contribution in [-0.2, 0) is 17.9 Å². The van der Waals surface area contributed by atoms with E-state index in [1.165, 1.54) is 0 Å². The number of benzene rings is 2. The van der Waals surface area contributed by atoms with E-state index in [4.69, 9.17) is 33.3 Å². The summed E-state index contributed by atoms with van der Waals surface area (Å²) >= 11 is 11.4. The minimum Gasteiger partial charge on any atom is -0.497 e. The highest BCUT2D eigenvalue weighted by atomic mass is 35.5. The van der Waals surface area contributed by atoms with Gasteiger partial charge in [0.2, 0.25) is 5.91 Å². The first kappa shape index (κ1) is 20.9. The van der Waals surface area contributed by atoms with Crippen LogP contribution in [0.5, 0.6) is 11.5 Å². The van der Waals surface area contributed by atoms with E-state index in [-0.39, 0.29) is 12.5 Å². The number of aromatic amines is 1. The lowest BCUT2D eigenvalue weighted by atomic mass is 10.2. The average molecular weight is 433 g/mol. The number of hydrogen-bond acceptors (Lipinski definition) is 5. The molecule has 0 fully saturated rings. The van der Waals surface area contributed by atoms with E-state index in [0.717, 1.165) is 16.9 Å². The highest BCUT2D eigenvalue weighted by Crippen LogP contribution is 2.24. The lowest BCUT2D eigenvalue weighted by Crippen LogP contribution is -2.30. The minimum atomic E-state index is -0.126. The second kappa shape index (κ2) is 9.11. The molecule has 0 aliphatic carbocycles. The molecule has 0 aliphatic rings. The van der Waals surface area contributed by atoms with Crippen LogP contribution in [0.25, 0.3) is 11.4 Å². The molecule has 3 aromatic rings. The van der Waals surface area contributed by atoms with Crippen LogP contribution in [0.2, 0.25) is 5.02 Å². The molecule has 0 aliphatic heterocycles. The summed E-state index contributed by atoms with van der Waals surface area (Å²) in [5, 5.41) is 7.62. The molecular formula is C20H21ClN4O3S. The molecule has 1 amide bonds. The first-order valence-electron chi connectivity index (χ1n) is 8.79. The second-order valence-corrected chi connectivity index (χ2v) is 7.20. The molecule has 1 heterocycles. The summed E-state index contributed by atoms with van der Waals surface area (Å²) in [6.45, 7) is 0.404. The fraction of sp³-hybridized carbons (Fsp3) is 0.250. The highest BCUT2D eigenvalue weighted by Gasteiger charge is 2.17. The van der Waals surface area contributed by atoms with Gasteiger partial charge in [0.25, 0.3) is 0 Å². The van der Waals surface area contributed by atoms with Crippen molar-refractivity contribution in [1.82, 2.24) is 19.7 Å². The Morgan fingerprint density at radius 3 is 2.59 bits per heavy atom. The predicted octanol–water partition coefficient (Wildman–Crippen LogP) is 3.94. The van der Waals surface area contributed by atoms with Crippen LogP contribution >= 0.6 is 23.8 Å². The van der Waals surface area contributed by atoms with Gasteiger partial charge in [0.05, 0.1) is 14.2 Å². The topological polar surface area (TPSA) is 72.4 Å². The number of hydrogen-bond donors (Lipinski definition) is 1. The molecule has 9 heteroatoms. The van der Waals surface area contributed by atoms with Crippen LogP contribution < -0.4 is 9.47 Å². The van der Waals surface area contributed by atoms with Crippen molar-refractivity contribution in [2.24, 2.45) is 0 Å². The summed E-state index contributed by atoms with van der Waals surface area (Å²) in [4.78, 5) is 14.5. The van der Waals surface area contributed by atoms with Crippen molar-refractivity contribution in [1.29, 1.82) is 0 Å². The zero-order chi connectivity index (χ0) is 21.0. The van der Waals surface area contributed by atoms with Gasteiger partial charge in [-0.2, -0.15) is 5.10 Å². The maximum absolute atomic E-state index is 12.9. The van der Waals surface area contributed by atoms with E-state index in [1.807, 2.05) is 24.3 Å². The maximum Gasteiger partial charge on any atom is 0.242 e. The predicted molar refractivity (Wildman–Crippen MR) is 114 cm³/mol. The van der Waals surface area contributed by atoms with E-state index in [1.54, 1.807) is 48.9 Å². The van der Waals surface area contributed by atoms with Gasteiger partial charge >= 0.3 is 0 Å². The first-order valence-corrected chi connectivity index (χ1v) is 9.57. The third kappa shape index (κ3) is 4.78. The van der Waals surface area contributed by atoms with Crippen LogP contribution in [0.15, 0.2) is 42.5 Å². The van der Waals surface area contributed by atoms with Crippen molar-refractivity contribution < 1.29 is 14.3 Å². The fourth-order valence-corrected chi connectivity index (χ4v) is 3.29. The molecule has 3 rings (SSSR count). The number of methoxy groups -OCH3 is 2. The number of rotatable bonds is 7. The van der Waals surface area contributed by atoms with E-state index < -0.39 is 0 Å². The number of amides is 1. The Bertz CT molecular complexity index is 1060. The maximum atomic E-state index is 12.9. The van der Waals surface area contributed by atoms with Crippen molar-refractivity contribution in [3.63, 3.8) is 0 Å². The third-order valence-electron chi connectivity index (χ3n) is 4.48. The molecule has 0 bridgehead atoms. The molecule has 2 aromatic carbocycles. The van der Waals surface area contributed by atoms with Crippen molar-refractivity contribution in [3.8, 4) is 22.9 Å². The van der Waals surface area contributed by atoms with E-state index in [2.05, 4.69) is 10.2 Å². The summed E-state index contributed by atoms with van der Waals surface area (Å²) < 4.78 is 12.6. The number of carbonyl (C=O) groups excluding carboxylic acids is 1. The molecule has 0 unspecified atom stereocenters. The molecule has 0 radical (unpaired) electrons. The van der Waals surface area contributed by atoms with Crippen LogP contribution in [0.4, 0.5) is 0 Å². The molecular weight excluding hydrogens is 412 g/mol. The van der Waals surface area contributed by atoms with Crippen LogP contribution in [0.1, 0.15) is 5.56 Å². The monoisotopic (exact) mass is 432 g/mol. The van der Waals surface area contributed by atoms with Gasteiger partial charge in [-0.15, -0.1) is 0 Å². The molecule has 0 saturated heterocycles. The Kier molecular flexibility index (Phi) is 6.56. The molecule has 1 aromatic heterocycles. The van der Waals surface area contributed by atoms with Gasteiger partial charge in [-0.1, -0.05) is 11.6 Å². The summed E-state index contributed by atoms with van der Waals surface area (Å²) in [5.74, 6) is 1.87. The Morgan fingerprint density at radius 2 is 1.93 bits per heavy atom. The SMILES string of the molecule is COc1ccc(-c2n[nH]c(=S)n2CC(=O)N(C)Cc2cc(Cl)ccc2OC)cc1. The quantitative estimate of drug-likeness (QED) is 0.572. The molecule has 0 saturated carbocycles. The largest absolute Gasteiger partial charge is 0.497 e. The molecule has 29 heavy (non-hydrogen) atoms. The van der Waals surface area contributed by atoms with Gasteiger partial charge in [-0.05, 0) is 54.7 Å². The lowest BCUT2D eigenvalue weighted by Gasteiger charge is -2.19. The van der Waals surface area contributed by atoms with Gasteiger partial charge in [0.1, 0.15) is 18.0 Å². The van der Waals surface area contributed by atoms with Crippen LogP contribution in [0.3, 0.4) is 0 Å². The number of carbonyl (C=O) groups is 1. The van der Waals surface area contributed by atoms with Crippen molar-refractivity contribution >= 4 is 29.7 Å². The number of likely N-dealkylation sites (N-methyl/N-ethyl adjacent to an activating group) is 1. The van der Waals surface area contributed by atoms with Crippen LogP contribution in [-0.4, -0.2) is 46.8 Å². The molecule has 0 spiro atoms. The smallest absolute Gasteiger partial charge is 0.242 e. The van der Waals surface area contributed by atoms with Crippen molar-refractivity contribution in [3.05, 3.63) is 57.8 Å². The Morgan fingerprint density at radius 1 is 1.21 bits per heavy atom. The van der Waals surface area contributed by atoms with Gasteiger partial charge in [0.15, 0.2) is 10.6 Å². The van der Waals surface area contributed by atoms with E-state index >= 15 is 0 Å². The molecule has 1 N–H and O–H groups in total. The van der Waals surface area contributed by atoms with Crippen molar-refractivity contribution in [2.45, 2.75) is 13.1 Å². The van der Waals surface area contributed by atoms with E-state index in [0.29, 0.717) is 27.9 Å². The zero-order valence-corrected chi connectivity index (χ0v) is 17.9. The first-order chi connectivity index (χ1) is 13.9. The molecule has 7 nitrogen and oxygen atoms in total. The van der Waals surface area contributed by atoms with Crippen molar-refractivity contribution in [2.75, 3.05) is 21.3 Å². The Hall–Kier alpha value is -2.84.